The van der Waals surface area contributed by atoms with Crippen molar-refractivity contribution in [1.29, 1.82) is 5.26 Å². The van der Waals surface area contributed by atoms with Crippen molar-refractivity contribution in [3.8, 4) is 6.07 Å². The highest BCUT2D eigenvalue weighted by atomic mass is 16.4. The molecule has 0 spiro atoms. The monoisotopic (exact) mass is 336 g/mol. The average Bonchev–Trinajstić information content (AvgIpc) is 2.61. The molecular formula is C20H20N2O3. The van der Waals surface area contributed by atoms with Crippen LogP contribution in [0.25, 0.3) is 0 Å². The molecule has 0 bridgehead atoms. The van der Waals surface area contributed by atoms with Crippen molar-refractivity contribution in [2.24, 2.45) is 0 Å². The third-order valence-electron chi connectivity index (χ3n) is 3.84. The van der Waals surface area contributed by atoms with Crippen LogP contribution in [0.15, 0.2) is 54.6 Å². The number of amides is 1. The first-order chi connectivity index (χ1) is 12.1. The molecule has 0 saturated heterocycles. The Morgan fingerprint density at radius 1 is 1.08 bits per heavy atom. The highest BCUT2D eigenvalue weighted by Crippen LogP contribution is 2.11. The molecule has 0 aliphatic heterocycles. The minimum atomic E-state index is -0.886. The van der Waals surface area contributed by atoms with Crippen molar-refractivity contribution in [2.75, 3.05) is 0 Å². The van der Waals surface area contributed by atoms with E-state index in [0.717, 1.165) is 11.1 Å². The normalized spacial score (nSPS) is 11.3. The molecule has 0 aliphatic rings. The minimum absolute atomic E-state index is 0.00769. The van der Waals surface area contributed by atoms with Gasteiger partial charge in [0.1, 0.15) is 0 Å². The predicted molar refractivity (Wildman–Crippen MR) is 94.0 cm³/mol. The second-order valence-corrected chi connectivity index (χ2v) is 5.83. The van der Waals surface area contributed by atoms with E-state index in [0.29, 0.717) is 18.4 Å². The SMILES string of the molecule is N#CCc1cccc(C(=O)NC(CCC(=O)O)Cc2ccccc2)c1. The summed E-state index contributed by atoms with van der Waals surface area (Å²) in [6.07, 6.45) is 1.16. The number of carbonyl (C=O) groups excluding carboxylic acids is 1. The fourth-order valence-corrected chi connectivity index (χ4v) is 2.60. The second-order valence-electron chi connectivity index (χ2n) is 5.83. The summed E-state index contributed by atoms with van der Waals surface area (Å²) in [5.74, 6) is -1.14. The van der Waals surface area contributed by atoms with E-state index in [1.54, 1.807) is 24.3 Å². The molecule has 5 heteroatoms. The molecule has 0 radical (unpaired) electrons. The second kappa shape index (κ2) is 9.24. The van der Waals surface area contributed by atoms with Gasteiger partial charge in [0.2, 0.25) is 0 Å². The topological polar surface area (TPSA) is 90.2 Å². The van der Waals surface area contributed by atoms with Crippen molar-refractivity contribution in [2.45, 2.75) is 31.7 Å². The van der Waals surface area contributed by atoms with E-state index in [-0.39, 0.29) is 24.8 Å². The molecule has 2 aromatic rings. The Hall–Kier alpha value is -3.13. The average molecular weight is 336 g/mol. The van der Waals surface area contributed by atoms with Gasteiger partial charge in [0.05, 0.1) is 12.5 Å². The van der Waals surface area contributed by atoms with Gasteiger partial charge in [0.15, 0.2) is 0 Å². The lowest BCUT2D eigenvalue weighted by atomic mass is 10.0. The highest BCUT2D eigenvalue weighted by Gasteiger charge is 2.16. The van der Waals surface area contributed by atoms with Crippen LogP contribution in [0.2, 0.25) is 0 Å². The summed E-state index contributed by atoms with van der Waals surface area (Å²) in [6, 6.07) is 18.3. The van der Waals surface area contributed by atoms with Crippen molar-refractivity contribution in [1.82, 2.24) is 5.32 Å². The largest absolute Gasteiger partial charge is 0.481 e. The summed E-state index contributed by atoms with van der Waals surface area (Å²) in [4.78, 5) is 23.4. The summed E-state index contributed by atoms with van der Waals surface area (Å²) in [5, 5.41) is 20.6. The van der Waals surface area contributed by atoms with E-state index >= 15 is 0 Å². The first-order valence-electron chi connectivity index (χ1n) is 8.11. The van der Waals surface area contributed by atoms with Crippen molar-refractivity contribution in [3.63, 3.8) is 0 Å². The maximum atomic E-state index is 12.5. The third-order valence-corrected chi connectivity index (χ3v) is 3.84. The molecule has 0 fully saturated rings. The number of benzene rings is 2. The van der Waals surface area contributed by atoms with Crippen LogP contribution < -0.4 is 5.32 Å². The van der Waals surface area contributed by atoms with Crippen LogP contribution in [-0.2, 0) is 17.6 Å². The molecule has 0 aromatic heterocycles. The van der Waals surface area contributed by atoms with E-state index in [1.807, 2.05) is 30.3 Å². The minimum Gasteiger partial charge on any atom is -0.481 e. The number of carboxylic acid groups (broad SMARTS) is 1. The smallest absolute Gasteiger partial charge is 0.303 e. The van der Waals surface area contributed by atoms with Gasteiger partial charge in [0, 0.05) is 18.0 Å². The van der Waals surface area contributed by atoms with Crippen LogP contribution in [0.3, 0.4) is 0 Å². The van der Waals surface area contributed by atoms with E-state index in [4.69, 9.17) is 10.4 Å². The van der Waals surface area contributed by atoms with Gasteiger partial charge in [-0.1, -0.05) is 42.5 Å². The fourth-order valence-electron chi connectivity index (χ4n) is 2.60. The number of carbonyl (C=O) groups is 2. The zero-order valence-corrected chi connectivity index (χ0v) is 13.8. The zero-order valence-electron chi connectivity index (χ0n) is 13.8. The van der Waals surface area contributed by atoms with Gasteiger partial charge in [-0.15, -0.1) is 0 Å². The predicted octanol–water partition coefficient (Wildman–Crippen LogP) is 2.96. The van der Waals surface area contributed by atoms with Gasteiger partial charge < -0.3 is 10.4 Å². The van der Waals surface area contributed by atoms with Gasteiger partial charge >= 0.3 is 5.97 Å². The Kier molecular flexibility index (Phi) is 6.73. The molecule has 2 N–H and O–H groups in total. The lowest BCUT2D eigenvalue weighted by Gasteiger charge is -2.18. The van der Waals surface area contributed by atoms with Crippen LogP contribution in [0.1, 0.15) is 34.3 Å². The number of aliphatic carboxylic acids is 1. The summed E-state index contributed by atoms with van der Waals surface area (Å²) >= 11 is 0. The van der Waals surface area contributed by atoms with Crippen molar-refractivity contribution >= 4 is 11.9 Å². The van der Waals surface area contributed by atoms with E-state index in [9.17, 15) is 9.59 Å². The Labute approximate surface area is 146 Å². The Morgan fingerprint density at radius 2 is 1.80 bits per heavy atom. The lowest BCUT2D eigenvalue weighted by molar-refractivity contribution is -0.137. The van der Waals surface area contributed by atoms with Crippen LogP contribution in [0.5, 0.6) is 0 Å². The number of nitrogens with zero attached hydrogens (tertiary/aromatic N) is 1. The Balaban J connectivity index is 2.09. The van der Waals surface area contributed by atoms with Gasteiger partial charge in [0.25, 0.3) is 5.91 Å². The number of rotatable bonds is 8. The molecule has 25 heavy (non-hydrogen) atoms. The molecular weight excluding hydrogens is 316 g/mol. The summed E-state index contributed by atoms with van der Waals surface area (Å²) in [6.45, 7) is 0. The highest BCUT2D eigenvalue weighted by molar-refractivity contribution is 5.94. The van der Waals surface area contributed by atoms with E-state index in [1.165, 1.54) is 0 Å². The summed E-state index contributed by atoms with van der Waals surface area (Å²) in [7, 11) is 0. The van der Waals surface area contributed by atoms with Gasteiger partial charge in [-0.3, -0.25) is 9.59 Å². The van der Waals surface area contributed by atoms with Gasteiger partial charge in [-0.25, -0.2) is 0 Å². The standard InChI is InChI=1S/C20H20N2O3/c21-12-11-16-7-4-8-17(13-16)20(25)22-18(9-10-19(23)24)14-15-5-2-1-3-6-15/h1-8,13,18H,9-11,14H2,(H,22,25)(H,23,24). The van der Waals surface area contributed by atoms with Gasteiger partial charge in [-0.05, 0) is 36.1 Å². The van der Waals surface area contributed by atoms with E-state index < -0.39 is 5.97 Å². The lowest BCUT2D eigenvalue weighted by Crippen LogP contribution is -2.37. The number of nitrogens with one attached hydrogen (secondary N) is 1. The maximum absolute atomic E-state index is 12.5. The van der Waals surface area contributed by atoms with Crippen LogP contribution in [0, 0.1) is 11.3 Å². The molecule has 2 aromatic carbocycles. The Morgan fingerprint density at radius 3 is 2.48 bits per heavy atom. The first kappa shape index (κ1) is 18.2. The third kappa shape index (κ3) is 6.11. The number of hydrogen-bond acceptors (Lipinski definition) is 3. The molecule has 0 heterocycles. The number of carboxylic acids is 1. The van der Waals surface area contributed by atoms with Crippen LogP contribution >= 0.6 is 0 Å². The van der Waals surface area contributed by atoms with Crippen molar-refractivity contribution < 1.29 is 14.7 Å². The van der Waals surface area contributed by atoms with Gasteiger partial charge in [-0.2, -0.15) is 5.26 Å². The zero-order chi connectivity index (χ0) is 18.1. The molecule has 128 valence electrons. The summed E-state index contributed by atoms with van der Waals surface area (Å²) in [5.41, 5.74) is 2.29. The molecule has 5 nitrogen and oxygen atoms in total. The number of hydrogen-bond donors (Lipinski definition) is 2. The van der Waals surface area contributed by atoms with Crippen LogP contribution in [-0.4, -0.2) is 23.0 Å². The van der Waals surface area contributed by atoms with E-state index in [2.05, 4.69) is 11.4 Å². The molecule has 1 unspecified atom stereocenters. The molecule has 0 saturated carbocycles. The fraction of sp³-hybridized carbons (Fsp3) is 0.250. The molecule has 1 amide bonds. The van der Waals surface area contributed by atoms with Crippen LogP contribution in [0.4, 0.5) is 0 Å². The molecule has 1 atom stereocenters. The summed E-state index contributed by atoms with van der Waals surface area (Å²) < 4.78 is 0. The Bertz CT molecular complexity index is 766. The van der Waals surface area contributed by atoms with Crippen molar-refractivity contribution in [3.05, 3.63) is 71.3 Å². The maximum Gasteiger partial charge on any atom is 0.303 e. The molecule has 2 rings (SSSR count). The quantitative estimate of drug-likeness (QED) is 0.775. The first-order valence-corrected chi connectivity index (χ1v) is 8.11. The number of nitriles is 1. The molecule has 0 aliphatic carbocycles.